The molecule has 0 bridgehead atoms. The molecule has 0 radical (unpaired) electrons. The molecule has 0 spiro atoms. The zero-order valence-electron chi connectivity index (χ0n) is 25.5. The molecule has 10 rings (SSSR count). The predicted molar refractivity (Wildman–Crippen MR) is 198 cm³/mol. The SMILES string of the molecule is c1ccc2c(N(c3ccc(-n4c5ccccc5c5ccccc54)cc3)c3ccc4ccc5c6ccccc6oc5c4c3)cccc2c1. The van der Waals surface area contributed by atoms with Crippen molar-refractivity contribution in [3.05, 3.63) is 170 Å². The normalized spacial score (nSPS) is 11.8. The summed E-state index contributed by atoms with van der Waals surface area (Å²) in [6.45, 7) is 0. The first-order chi connectivity index (χ1) is 23.3. The van der Waals surface area contributed by atoms with E-state index in [1.807, 2.05) is 12.1 Å². The van der Waals surface area contributed by atoms with Crippen LogP contribution in [0, 0.1) is 0 Å². The molecule has 0 saturated carbocycles. The Balaban J connectivity index is 1.19. The highest BCUT2D eigenvalue weighted by molar-refractivity contribution is 6.16. The number of rotatable bonds is 4. The first-order valence-electron chi connectivity index (χ1n) is 16.0. The Bertz CT molecular complexity index is 2740. The molecule has 0 aliphatic rings. The van der Waals surface area contributed by atoms with Gasteiger partial charge in [-0.2, -0.15) is 0 Å². The van der Waals surface area contributed by atoms with Crippen molar-refractivity contribution >= 4 is 82.4 Å². The maximum Gasteiger partial charge on any atom is 0.143 e. The van der Waals surface area contributed by atoms with Gasteiger partial charge in [0.05, 0.1) is 16.7 Å². The smallest absolute Gasteiger partial charge is 0.143 e. The molecule has 0 saturated heterocycles. The Labute approximate surface area is 271 Å². The van der Waals surface area contributed by atoms with E-state index in [-0.39, 0.29) is 0 Å². The lowest BCUT2D eigenvalue weighted by atomic mass is 10.0. The van der Waals surface area contributed by atoms with Crippen molar-refractivity contribution in [1.29, 1.82) is 0 Å². The average Bonchev–Trinajstić information content (AvgIpc) is 3.69. The van der Waals surface area contributed by atoms with Gasteiger partial charge in [0.25, 0.3) is 0 Å². The van der Waals surface area contributed by atoms with Gasteiger partial charge in [-0.15, -0.1) is 0 Å². The van der Waals surface area contributed by atoms with Gasteiger partial charge in [-0.05, 0) is 77.5 Å². The molecule has 2 aromatic heterocycles. The molecule has 8 aromatic carbocycles. The largest absolute Gasteiger partial charge is 0.455 e. The topological polar surface area (TPSA) is 21.3 Å². The van der Waals surface area contributed by atoms with Crippen molar-refractivity contribution in [1.82, 2.24) is 4.57 Å². The van der Waals surface area contributed by atoms with E-state index < -0.39 is 0 Å². The van der Waals surface area contributed by atoms with E-state index in [1.54, 1.807) is 0 Å². The third kappa shape index (κ3) is 3.93. The summed E-state index contributed by atoms with van der Waals surface area (Å²) in [4.78, 5) is 2.37. The standard InChI is InChI=1S/C44H28N2O/c1-2-12-34-29(10-1)11-9-18-40(34)45(33-22-20-30-21-27-38-37-15-5-8-19-43(37)47-44(38)39(30)28-33)31-23-25-32(26-24-31)46-41-16-6-3-13-35(41)36-14-4-7-17-42(36)46/h1-28H. The third-order valence-corrected chi connectivity index (χ3v) is 9.56. The van der Waals surface area contributed by atoms with Crippen LogP contribution in [0.15, 0.2) is 174 Å². The molecule has 0 aliphatic heterocycles. The molecular weight excluding hydrogens is 572 g/mol. The number of fused-ring (bicyclic) bond motifs is 9. The van der Waals surface area contributed by atoms with Crippen molar-refractivity contribution in [2.24, 2.45) is 0 Å². The molecule has 0 fully saturated rings. The Morgan fingerprint density at radius 3 is 1.79 bits per heavy atom. The van der Waals surface area contributed by atoms with E-state index in [4.69, 9.17) is 4.42 Å². The quantitative estimate of drug-likeness (QED) is 0.200. The van der Waals surface area contributed by atoms with Crippen molar-refractivity contribution in [2.45, 2.75) is 0 Å². The average molecular weight is 601 g/mol. The van der Waals surface area contributed by atoms with Crippen LogP contribution in [0.4, 0.5) is 17.1 Å². The Hall–Kier alpha value is -6.32. The second-order valence-electron chi connectivity index (χ2n) is 12.2. The van der Waals surface area contributed by atoms with Gasteiger partial charge in [-0.25, -0.2) is 0 Å². The van der Waals surface area contributed by atoms with E-state index in [9.17, 15) is 0 Å². The van der Waals surface area contributed by atoms with Gasteiger partial charge in [-0.3, -0.25) is 0 Å². The molecule has 0 N–H and O–H groups in total. The van der Waals surface area contributed by atoms with Crippen molar-refractivity contribution in [2.75, 3.05) is 4.90 Å². The fourth-order valence-electron chi connectivity index (χ4n) is 7.41. The minimum absolute atomic E-state index is 0.909. The van der Waals surface area contributed by atoms with Crippen molar-refractivity contribution in [3.63, 3.8) is 0 Å². The van der Waals surface area contributed by atoms with Gasteiger partial charge in [0.1, 0.15) is 11.2 Å². The van der Waals surface area contributed by atoms with Crippen LogP contribution in [0.5, 0.6) is 0 Å². The van der Waals surface area contributed by atoms with Crippen LogP contribution >= 0.6 is 0 Å². The molecule has 220 valence electrons. The molecule has 3 nitrogen and oxygen atoms in total. The first kappa shape index (κ1) is 26.0. The van der Waals surface area contributed by atoms with Crippen LogP contribution < -0.4 is 4.90 Å². The van der Waals surface area contributed by atoms with E-state index in [2.05, 4.69) is 167 Å². The number of nitrogens with zero attached hydrogens (tertiary/aromatic N) is 2. The van der Waals surface area contributed by atoms with Gasteiger partial charge in [0.2, 0.25) is 0 Å². The maximum atomic E-state index is 6.49. The molecule has 47 heavy (non-hydrogen) atoms. The summed E-state index contributed by atoms with van der Waals surface area (Å²) < 4.78 is 8.85. The molecule has 10 aromatic rings. The summed E-state index contributed by atoms with van der Waals surface area (Å²) in [6.07, 6.45) is 0. The molecule has 2 heterocycles. The lowest BCUT2D eigenvalue weighted by molar-refractivity contribution is 0.672. The van der Waals surface area contributed by atoms with Crippen LogP contribution in [0.2, 0.25) is 0 Å². The maximum absolute atomic E-state index is 6.49. The van der Waals surface area contributed by atoms with Gasteiger partial charge in [-0.1, -0.05) is 103 Å². The lowest BCUT2D eigenvalue weighted by Crippen LogP contribution is -2.10. The van der Waals surface area contributed by atoms with Crippen LogP contribution in [0.1, 0.15) is 0 Å². The summed E-state index contributed by atoms with van der Waals surface area (Å²) in [5, 5.41) is 9.46. The number of benzene rings is 8. The first-order valence-corrected chi connectivity index (χ1v) is 16.0. The number of aromatic nitrogens is 1. The zero-order valence-corrected chi connectivity index (χ0v) is 25.5. The highest BCUT2D eigenvalue weighted by Gasteiger charge is 2.19. The van der Waals surface area contributed by atoms with Crippen LogP contribution in [-0.2, 0) is 0 Å². The molecule has 0 aliphatic carbocycles. The number of para-hydroxylation sites is 3. The zero-order chi connectivity index (χ0) is 30.9. The molecule has 0 amide bonds. The highest BCUT2D eigenvalue weighted by atomic mass is 16.3. The van der Waals surface area contributed by atoms with Crippen LogP contribution in [0.3, 0.4) is 0 Å². The Morgan fingerprint density at radius 2 is 1.00 bits per heavy atom. The van der Waals surface area contributed by atoms with Crippen LogP contribution in [-0.4, -0.2) is 4.57 Å². The summed E-state index contributed by atoms with van der Waals surface area (Å²) in [5.74, 6) is 0. The van der Waals surface area contributed by atoms with Crippen molar-refractivity contribution < 1.29 is 4.42 Å². The van der Waals surface area contributed by atoms with Gasteiger partial charge in [0.15, 0.2) is 0 Å². The fourth-order valence-corrected chi connectivity index (χ4v) is 7.41. The molecule has 0 atom stereocenters. The van der Waals surface area contributed by atoms with Gasteiger partial charge >= 0.3 is 0 Å². The lowest BCUT2D eigenvalue weighted by Gasteiger charge is -2.27. The summed E-state index contributed by atoms with van der Waals surface area (Å²) in [6, 6.07) is 60.8. The Morgan fingerprint density at radius 1 is 0.404 bits per heavy atom. The Kier molecular flexibility index (Phi) is 5.57. The number of furan rings is 1. The predicted octanol–water partition coefficient (Wildman–Crippen LogP) is 12.5. The number of hydrogen-bond donors (Lipinski definition) is 0. The summed E-state index contributed by atoms with van der Waals surface area (Å²) in [7, 11) is 0. The van der Waals surface area contributed by atoms with Crippen LogP contribution in [0.25, 0.3) is 71.0 Å². The van der Waals surface area contributed by atoms with Gasteiger partial charge in [0, 0.05) is 49.4 Å². The highest BCUT2D eigenvalue weighted by Crippen LogP contribution is 2.42. The monoisotopic (exact) mass is 600 g/mol. The van der Waals surface area contributed by atoms with E-state index in [0.29, 0.717) is 0 Å². The van der Waals surface area contributed by atoms with E-state index in [0.717, 1.165) is 55.5 Å². The number of anilines is 3. The van der Waals surface area contributed by atoms with E-state index >= 15 is 0 Å². The third-order valence-electron chi connectivity index (χ3n) is 9.56. The summed E-state index contributed by atoms with van der Waals surface area (Å²) >= 11 is 0. The minimum Gasteiger partial charge on any atom is -0.455 e. The van der Waals surface area contributed by atoms with Gasteiger partial charge < -0.3 is 13.9 Å². The van der Waals surface area contributed by atoms with Crippen molar-refractivity contribution in [3.8, 4) is 5.69 Å². The number of hydrogen-bond acceptors (Lipinski definition) is 2. The molecular formula is C44H28N2O. The minimum atomic E-state index is 0.909. The summed E-state index contributed by atoms with van der Waals surface area (Å²) in [5.41, 5.74) is 8.66. The second-order valence-corrected chi connectivity index (χ2v) is 12.2. The fraction of sp³-hybridized carbons (Fsp3) is 0. The second kappa shape index (κ2) is 10.1. The molecule has 3 heteroatoms. The molecule has 0 unspecified atom stereocenters. The van der Waals surface area contributed by atoms with E-state index in [1.165, 1.54) is 32.6 Å².